The van der Waals surface area contributed by atoms with E-state index >= 15 is 0 Å². The molecule has 2 rings (SSSR count). The van der Waals surface area contributed by atoms with Crippen LogP contribution in [-0.2, 0) is 12.6 Å². The van der Waals surface area contributed by atoms with Gasteiger partial charge in [0.25, 0.3) is 0 Å². The fourth-order valence-electron chi connectivity index (χ4n) is 1.94. The summed E-state index contributed by atoms with van der Waals surface area (Å²) in [6.45, 7) is 3.63. The normalized spacial score (nSPS) is 12.3. The molecule has 0 aliphatic rings. The van der Waals surface area contributed by atoms with Crippen molar-refractivity contribution in [2.24, 2.45) is 0 Å². The van der Waals surface area contributed by atoms with Crippen LogP contribution in [0, 0.1) is 6.92 Å². The van der Waals surface area contributed by atoms with E-state index in [4.69, 9.17) is 0 Å². The van der Waals surface area contributed by atoms with Gasteiger partial charge in [0.1, 0.15) is 5.65 Å². The number of hydrogen-bond acceptors (Lipinski definition) is 1. The van der Waals surface area contributed by atoms with Gasteiger partial charge in [-0.3, -0.25) is 0 Å². The van der Waals surface area contributed by atoms with Crippen molar-refractivity contribution in [2.45, 2.75) is 32.9 Å². The Balaban J connectivity index is 2.65. The highest BCUT2D eigenvalue weighted by Gasteiger charge is 2.33. The monoisotopic (exact) mass is 242 g/mol. The van der Waals surface area contributed by atoms with Gasteiger partial charge in [0.15, 0.2) is 0 Å². The van der Waals surface area contributed by atoms with Crippen LogP contribution >= 0.6 is 0 Å². The summed E-state index contributed by atoms with van der Waals surface area (Å²) in [6, 6.07) is 1.12. The summed E-state index contributed by atoms with van der Waals surface area (Å²) in [7, 11) is 0. The lowest BCUT2D eigenvalue weighted by Gasteiger charge is -2.12. The SMILES string of the molecule is CCCc1cn2cc(C)nc2cc1C(F)(F)F. The Morgan fingerprint density at radius 1 is 1.29 bits per heavy atom. The molecule has 92 valence electrons. The van der Waals surface area contributed by atoms with Crippen molar-refractivity contribution in [3.8, 4) is 0 Å². The number of nitrogens with zero attached hydrogens (tertiary/aromatic N) is 2. The van der Waals surface area contributed by atoms with E-state index in [0.29, 0.717) is 29.7 Å². The molecule has 5 heteroatoms. The van der Waals surface area contributed by atoms with Crippen LogP contribution in [0.1, 0.15) is 30.2 Å². The second kappa shape index (κ2) is 4.05. The van der Waals surface area contributed by atoms with Crippen LogP contribution in [-0.4, -0.2) is 9.38 Å². The molecule has 2 nitrogen and oxygen atoms in total. The summed E-state index contributed by atoms with van der Waals surface area (Å²) in [5.74, 6) is 0. The van der Waals surface area contributed by atoms with Crippen molar-refractivity contribution in [3.05, 3.63) is 35.3 Å². The summed E-state index contributed by atoms with van der Waals surface area (Å²) < 4.78 is 40.3. The lowest BCUT2D eigenvalue weighted by molar-refractivity contribution is -0.138. The third-order valence-corrected chi connectivity index (χ3v) is 2.62. The second-order valence-corrected chi connectivity index (χ2v) is 4.11. The zero-order valence-electron chi connectivity index (χ0n) is 9.67. The number of halogens is 3. The molecular weight excluding hydrogens is 229 g/mol. The summed E-state index contributed by atoms with van der Waals surface area (Å²) >= 11 is 0. The number of imidazole rings is 1. The van der Waals surface area contributed by atoms with Crippen LogP contribution in [0.5, 0.6) is 0 Å². The minimum Gasteiger partial charge on any atom is -0.307 e. The van der Waals surface area contributed by atoms with Gasteiger partial charge in [-0.2, -0.15) is 13.2 Å². The van der Waals surface area contributed by atoms with E-state index in [-0.39, 0.29) is 0 Å². The third kappa shape index (κ3) is 2.28. The van der Waals surface area contributed by atoms with E-state index in [2.05, 4.69) is 4.98 Å². The number of rotatable bonds is 2. The van der Waals surface area contributed by atoms with Gasteiger partial charge < -0.3 is 4.40 Å². The molecule has 0 N–H and O–H groups in total. The zero-order valence-corrected chi connectivity index (χ0v) is 9.67. The van der Waals surface area contributed by atoms with Crippen LogP contribution in [0.15, 0.2) is 18.5 Å². The second-order valence-electron chi connectivity index (χ2n) is 4.11. The maximum atomic E-state index is 12.9. The number of aromatic nitrogens is 2. The predicted molar refractivity (Wildman–Crippen MR) is 58.9 cm³/mol. The first-order valence-corrected chi connectivity index (χ1v) is 5.47. The van der Waals surface area contributed by atoms with Crippen molar-refractivity contribution >= 4 is 5.65 Å². The molecular formula is C12H13F3N2. The van der Waals surface area contributed by atoms with Crippen LogP contribution in [0.25, 0.3) is 5.65 Å². The average Bonchev–Trinajstić information content (AvgIpc) is 2.55. The van der Waals surface area contributed by atoms with E-state index in [9.17, 15) is 13.2 Å². The highest BCUT2D eigenvalue weighted by molar-refractivity contribution is 5.47. The number of hydrogen-bond donors (Lipinski definition) is 0. The lowest BCUT2D eigenvalue weighted by atomic mass is 10.1. The van der Waals surface area contributed by atoms with Crippen molar-refractivity contribution < 1.29 is 13.2 Å². The quantitative estimate of drug-likeness (QED) is 0.786. The third-order valence-electron chi connectivity index (χ3n) is 2.62. The molecule has 0 atom stereocenters. The van der Waals surface area contributed by atoms with Gasteiger partial charge >= 0.3 is 6.18 Å². The van der Waals surface area contributed by atoms with Crippen molar-refractivity contribution in [1.29, 1.82) is 0 Å². The molecule has 0 unspecified atom stereocenters. The standard InChI is InChI=1S/C12H13F3N2/c1-3-4-9-7-17-6-8(2)16-11(17)5-10(9)12(13,14)15/h5-7H,3-4H2,1-2H3. The first kappa shape index (κ1) is 12.0. The number of aryl methyl sites for hydroxylation is 2. The minimum absolute atomic E-state index is 0.324. The van der Waals surface area contributed by atoms with E-state index in [0.717, 1.165) is 6.07 Å². The molecule has 0 saturated heterocycles. The van der Waals surface area contributed by atoms with Gasteiger partial charge in [-0.15, -0.1) is 0 Å². The van der Waals surface area contributed by atoms with Crippen molar-refractivity contribution in [3.63, 3.8) is 0 Å². The zero-order chi connectivity index (χ0) is 12.6. The molecule has 0 aromatic carbocycles. The Morgan fingerprint density at radius 2 is 2.00 bits per heavy atom. The lowest BCUT2D eigenvalue weighted by Crippen LogP contribution is -2.10. The topological polar surface area (TPSA) is 17.3 Å². The molecule has 0 radical (unpaired) electrons. The Bertz CT molecular complexity index is 540. The maximum Gasteiger partial charge on any atom is 0.416 e. The van der Waals surface area contributed by atoms with Gasteiger partial charge in [-0.1, -0.05) is 13.3 Å². The summed E-state index contributed by atoms with van der Waals surface area (Å²) in [5.41, 5.74) is 0.809. The van der Waals surface area contributed by atoms with Gasteiger partial charge in [0, 0.05) is 12.4 Å². The van der Waals surface area contributed by atoms with E-state index in [1.54, 1.807) is 17.5 Å². The first-order chi connectivity index (χ1) is 7.91. The molecule has 2 aromatic rings. The molecule has 0 aliphatic carbocycles. The molecule has 0 amide bonds. The van der Waals surface area contributed by atoms with E-state index in [1.165, 1.54) is 6.20 Å². The largest absolute Gasteiger partial charge is 0.416 e. The van der Waals surface area contributed by atoms with Crippen molar-refractivity contribution in [1.82, 2.24) is 9.38 Å². The summed E-state index contributed by atoms with van der Waals surface area (Å²) in [4.78, 5) is 4.05. The van der Waals surface area contributed by atoms with E-state index in [1.807, 2.05) is 6.92 Å². The highest BCUT2D eigenvalue weighted by atomic mass is 19.4. The molecule has 0 spiro atoms. The molecule has 0 fully saturated rings. The fourth-order valence-corrected chi connectivity index (χ4v) is 1.94. The molecule has 17 heavy (non-hydrogen) atoms. The summed E-state index contributed by atoms with van der Waals surface area (Å²) in [5, 5.41) is 0. The smallest absolute Gasteiger partial charge is 0.307 e. The van der Waals surface area contributed by atoms with Crippen LogP contribution < -0.4 is 0 Å². The highest BCUT2D eigenvalue weighted by Crippen LogP contribution is 2.33. The van der Waals surface area contributed by atoms with Gasteiger partial charge in [-0.05, 0) is 25.0 Å². The number of alkyl halides is 3. The van der Waals surface area contributed by atoms with Crippen molar-refractivity contribution in [2.75, 3.05) is 0 Å². The minimum atomic E-state index is -4.31. The Labute approximate surface area is 97.1 Å². The first-order valence-electron chi connectivity index (χ1n) is 5.47. The predicted octanol–water partition coefficient (Wildman–Crippen LogP) is 3.61. The maximum absolute atomic E-state index is 12.9. The van der Waals surface area contributed by atoms with Crippen LogP contribution in [0.4, 0.5) is 13.2 Å². The molecule has 2 heterocycles. The van der Waals surface area contributed by atoms with Gasteiger partial charge in [0.05, 0.1) is 11.3 Å². The Morgan fingerprint density at radius 3 is 2.59 bits per heavy atom. The van der Waals surface area contributed by atoms with Crippen LogP contribution in [0.3, 0.4) is 0 Å². The fraction of sp³-hybridized carbons (Fsp3) is 0.417. The number of pyridine rings is 1. The van der Waals surface area contributed by atoms with E-state index < -0.39 is 11.7 Å². The van der Waals surface area contributed by atoms with Crippen LogP contribution in [0.2, 0.25) is 0 Å². The Hall–Kier alpha value is -1.52. The molecule has 2 aromatic heterocycles. The van der Waals surface area contributed by atoms with Gasteiger partial charge in [0.2, 0.25) is 0 Å². The Kier molecular flexibility index (Phi) is 2.85. The molecule has 0 saturated carbocycles. The number of fused-ring (bicyclic) bond motifs is 1. The average molecular weight is 242 g/mol. The molecule has 0 aliphatic heterocycles. The molecule has 0 bridgehead atoms. The van der Waals surface area contributed by atoms with Gasteiger partial charge in [-0.25, -0.2) is 4.98 Å². The summed E-state index contributed by atoms with van der Waals surface area (Å²) in [6.07, 6.45) is 0.0483.